The summed E-state index contributed by atoms with van der Waals surface area (Å²) in [4.78, 5) is 0. The molecule has 5 heteroatoms. The van der Waals surface area contributed by atoms with Gasteiger partial charge in [-0.15, -0.1) is 0 Å². The van der Waals surface area contributed by atoms with E-state index in [1.54, 1.807) is 0 Å². The highest BCUT2D eigenvalue weighted by molar-refractivity contribution is 9.10. The molecular weight excluding hydrogens is 372 g/mol. The largest absolute Gasteiger partial charge is 0.487 e. The maximum absolute atomic E-state index is 5.91. The molecule has 2 aromatic rings. The van der Waals surface area contributed by atoms with Gasteiger partial charge in [-0.3, -0.25) is 4.68 Å². The molecule has 0 spiro atoms. The second kappa shape index (κ2) is 6.57. The molecule has 2 rings (SSSR count). The van der Waals surface area contributed by atoms with E-state index in [0.717, 1.165) is 38.9 Å². The van der Waals surface area contributed by atoms with Crippen molar-refractivity contribution in [1.29, 1.82) is 0 Å². The normalized spacial score (nSPS) is 10.7. The van der Waals surface area contributed by atoms with Crippen molar-refractivity contribution in [3.63, 3.8) is 0 Å². The SMILES string of the molecule is CCc1nn(C)c(COc2ccccc2CBr)c1Br. The first kappa shape index (κ1) is 14.6. The van der Waals surface area contributed by atoms with E-state index in [1.165, 1.54) is 0 Å². The third-order valence-electron chi connectivity index (χ3n) is 2.98. The van der Waals surface area contributed by atoms with Crippen molar-refractivity contribution in [2.45, 2.75) is 25.3 Å². The fourth-order valence-corrected chi connectivity index (χ4v) is 3.07. The highest BCUT2D eigenvalue weighted by atomic mass is 79.9. The van der Waals surface area contributed by atoms with Crippen molar-refractivity contribution in [1.82, 2.24) is 9.78 Å². The average molecular weight is 388 g/mol. The smallest absolute Gasteiger partial charge is 0.131 e. The lowest BCUT2D eigenvalue weighted by atomic mass is 10.2. The molecule has 0 aliphatic rings. The van der Waals surface area contributed by atoms with Crippen LogP contribution >= 0.6 is 31.9 Å². The number of ether oxygens (including phenoxy) is 1. The Morgan fingerprint density at radius 1 is 1.32 bits per heavy atom. The number of alkyl halides is 1. The molecular formula is C14H16Br2N2O. The van der Waals surface area contributed by atoms with Crippen molar-refractivity contribution < 1.29 is 4.74 Å². The molecule has 102 valence electrons. The van der Waals surface area contributed by atoms with Crippen LogP contribution in [0.5, 0.6) is 5.75 Å². The van der Waals surface area contributed by atoms with Gasteiger partial charge in [0.15, 0.2) is 0 Å². The first-order valence-corrected chi connectivity index (χ1v) is 8.05. The number of hydrogen-bond acceptors (Lipinski definition) is 2. The molecule has 1 heterocycles. The molecule has 0 bridgehead atoms. The Kier molecular flexibility index (Phi) is 5.05. The second-order valence-electron chi connectivity index (χ2n) is 4.21. The molecule has 0 unspecified atom stereocenters. The first-order chi connectivity index (χ1) is 9.17. The van der Waals surface area contributed by atoms with E-state index >= 15 is 0 Å². The summed E-state index contributed by atoms with van der Waals surface area (Å²) in [5, 5.41) is 5.25. The number of nitrogens with zero attached hydrogens (tertiary/aromatic N) is 2. The Morgan fingerprint density at radius 2 is 2.05 bits per heavy atom. The van der Waals surface area contributed by atoms with Gasteiger partial charge in [-0.25, -0.2) is 0 Å². The maximum atomic E-state index is 5.91. The minimum Gasteiger partial charge on any atom is -0.487 e. The number of hydrogen-bond donors (Lipinski definition) is 0. The molecule has 0 N–H and O–H groups in total. The third kappa shape index (κ3) is 3.20. The average Bonchev–Trinajstić information content (AvgIpc) is 2.71. The number of rotatable bonds is 5. The predicted molar refractivity (Wildman–Crippen MR) is 83.7 cm³/mol. The fourth-order valence-electron chi connectivity index (χ4n) is 1.88. The van der Waals surface area contributed by atoms with Gasteiger partial charge in [0.25, 0.3) is 0 Å². The van der Waals surface area contributed by atoms with Crippen molar-refractivity contribution in [2.75, 3.05) is 0 Å². The Morgan fingerprint density at radius 3 is 2.68 bits per heavy atom. The zero-order chi connectivity index (χ0) is 13.8. The van der Waals surface area contributed by atoms with Crippen LogP contribution in [0.25, 0.3) is 0 Å². The van der Waals surface area contributed by atoms with Crippen LogP contribution in [0.3, 0.4) is 0 Å². The first-order valence-electron chi connectivity index (χ1n) is 6.14. The van der Waals surface area contributed by atoms with Gasteiger partial charge in [0.05, 0.1) is 15.9 Å². The van der Waals surface area contributed by atoms with Crippen LogP contribution in [0.4, 0.5) is 0 Å². The van der Waals surface area contributed by atoms with Crippen LogP contribution in [-0.2, 0) is 25.4 Å². The van der Waals surface area contributed by atoms with Crippen LogP contribution in [0, 0.1) is 0 Å². The quantitative estimate of drug-likeness (QED) is 0.718. The molecule has 0 saturated heterocycles. The predicted octanol–water partition coefficient (Wildman–Crippen LogP) is 4.22. The Bertz CT molecular complexity index is 567. The van der Waals surface area contributed by atoms with Crippen molar-refractivity contribution >= 4 is 31.9 Å². The summed E-state index contributed by atoms with van der Waals surface area (Å²) in [6.45, 7) is 2.60. The lowest BCUT2D eigenvalue weighted by Gasteiger charge is -2.10. The summed E-state index contributed by atoms with van der Waals surface area (Å²) in [6, 6.07) is 8.04. The van der Waals surface area contributed by atoms with E-state index in [0.29, 0.717) is 6.61 Å². The van der Waals surface area contributed by atoms with Gasteiger partial charge in [0.1, 0.15) is 12.4 Å². The maximum Gasteiger partial charge on any atom is 0.131 e. The van der Waals surface area contributed by atoms with Crippen LogP contribution in [0.1, 0.15) is 23.9 Å². The van der Waals surface area contributed by atoms with Gasteiger partial charge in [-0.2, -0.15) is 5.10 Å². The monoisotopic (exact) mass is 386 g/mol. The highest BCUT2D eigenvalue weighted by Gasteiger charge is 2.13. The molecule has 0 saturated carbocycles. The Hall–Kier alpha value is -0.810. The second-order valence-corrected chi connectivity index (χ2v) is 5.57. The number of para-hydroxylation sites is 1. The lowest BCUT2D eigenvalue weighted by molar-refractivity contribution is 0.292. The van der Waals surface area contributed by atoms with Crippen LogP contribution in [0.2, 0.25) is 0 Å². The molecule has 0 fully saturated rings. The summed E-state index contributed by atoms with van der Waals surface area (Å²) in [5.74, 6) is 0.908. The summed E-state index contributed by atoms with van der Waals surface area (Å²) in [5.41, 5.74) is 3.27. The number of aromatic nitrogens is 2. The molecule has 0 amide bonds. The van der Waals surface area contributed by atoms with Crippen molar-refractivity contribution in [3.8, 4) is 5.75 Å². The van der Waals surface area contributed by atoms with Gasteiger partial charge >= 0.3 is 0 Å². The van der Waals surface area contributed by atoms with E-state index in [2.05, 4.69) is 49.9 Å². The van der Waals surface area contributed by atoms with Crippen LogP contribution < -0.4 is 4.74 Å². The zero-order valence-electron chi connectivity index (χ0n) is 11.0. The number of aryl methyl sites for hydroxylation is 2. The van der Waals surface area contributed by atoms with Gasteiger partial charge in [0, 0.05) is 17.9 Å². The molecule has 0 aliphatic heterocycles. The van der Waals surface area contributed by atoms with E-state index in [4.69, 9.17) is 4.74 Å². The molecule has 19 heavy (non-hydrogen) atoms. The van der Waals surface area contributed by atoms with E-state index < -0.39 is 0 Å². The lowest BCUT2D eigenvalue weighted by Crippen LogP contribution is -2.04. The van der Waals surface area contributed by atoms with Crippen molar-refractivity contribution in [3.05, 3.63) is 45.7 Å². The van der Waals surface area contributed by atoms with E-state index in [1.807, 2.05) is 29.9 Å². The molecule has 1 aromatic heterocycles. The zero-order valence-corrected chi connectivity index (χ0v) is 14.2. The third-order valence-corrected chi connectivity index (χ3v) is 4.50. The van der Waals surface area contributed by atoms with Crippen molar-refractivity contribution in [2.24, 2.45) is 7.05 Å². The molecule has 1 aromatic carbocycles. The van der Waals surface area contributed by atoms with Crippen LogP contribution in [-0.4, -0.2) is 9.78 Å². The van der Waals surface area contributed by atoms with Gasteiger partial charge < -0.3 is 4.74 Å². The number of benzene rings is 1. The highest BCUT2D eigenvalue weighted by Crippen LogP contribution is 2.25. The standard InChI is InChI=1S/C14H16Br2N2O/c1-3-11-14(16)12(18(2)17-11)9-19-13-7-5-4-6-10(13)8-15/h4-7H,3,8-9H2,1-2H3. The Balaban J connectivity index is 2.17. The molecule has 3 nitrogen and oxygen atoms in total. The summed E-state index contributed by atoms with van der Waals surface area (Å²) in [6.07, 6.45) is 0.909. The van der Waals surface area contributed by atoms with Crippen LogP contribution in [0.15, 0.2) is 28.7 Å². The molecule has 0 aliphatic carbocycles. The fraction of sp³-hybridized carbons (Fsp3) is 0.357. The summed E-state index contributed by atoms with van der Waals surface area (Å²) >= 11 is 7.07. The Labute approximate surface area is 130 Å². The van der Waals surface area contributed by atoms with Gasteiger partial charge in [0.2, 0.25) is 0 Å². The van der Waals surface area contributed by atoms with Gasteiger partial charge in [-0.05, 0) is 28.4 Å². The van der Waals surface area contributed by atoms with Gasteiger partial charge in [-0.1, -0.05) is 41.1 Å². The minimum absolute atomic E-state index is 0.508. The topological polar surface area (TPSA) is 27.1 Å². The van der Waals surface area contributed by atoms with E-state index in [9.17, 15) is 0 Å². The molecule has 0 radical (unpaired) electrons. The summed E-state index contributed by atoms with van der Waals surface area (Å²) < 4.78 is 8.84. The summed E-state index contributed by atoms with van der Waals surface area (Å²) in [7, 11) is 1.94. The minimum atomic E-state index is 0.508. The number of halogens is 2. The molecule has 0 atom stereocenters. The van der Waals surface area contributed by atoms with E-state index in [-0.39, 0.29) is 0 Å².